The third-order valence-corrected chi connectivity index (χ3v) is 9.87. The minimum absolute atomic E-state index is 0.133. The molecule has 0 bridgehead atoms. The zero-order chi connectivity index (χ0) is 25.3. The van der Waals surface area contributed by atoms with Gasteiger partial charge >= 0.3 is 0 Å². The predicted octanol–water partition coefficient (Wildman–Crippen LogP) is 5.24. The van der Waals surface area contributed by atoms with Crippen LogP contribution < -0.4 is 0 Å². The first-order valence-electron chi connectivity index (χ1n) is 12.9. The summed E-state index contributed by atoms with van der Waals surface area (Å²) in [6, 6.07) is 25.1. The van der Waals surface area contributed by atoms with Crippen LogP contribution in [0, 0.1) is 13.8 Å². The predicted molar refractivity (Wildman–Crippen MR) is 145 cm³/mol. The van der Waals surface area contributed by atoms with Crippen LogP contribution in [0.5, 0.6) is 0 Å². The lowest BCUT2D eigenvalue weighted by Crippen LogP contribution is -2.68. The van der Waals surface area contributed by atoms with E-state index in [0.717, 1.165) is 24.9 Å². The van der Waals surface area contributed by atoms with Crippen LogP contribution in [-0.2, 0) is 14.8 Å². The molecule has 2 aliphatic heterocycles. The highest BCUT2D eigenvalue weighted by Crippen LogP contribution is 2.43. The first-order chi connectivity index (χ1) is 17.4. The van der Waals surface area contributed by atoms with E-state index in [-0.39, 0.29) is 18.0 Å². The molecule has 5 rings (SSSR count). The zero-order valence-electron chi connectivity index (χ0n) is 21.4. The van der Waals surface area contributed by atoms with Crippen LogP contribution in [-0.4, -0.2) is 63.1 Å². The number of methoxy groups -OCH3 is 1. The molecule has 2 fully saturated rings. The maximum Gasteiger partial charge on any atom is 0.243 e. The molecular formula is C30H36N2O3S. The van der Waals surface area contributed by atoms with Gasteiger partial charge in [0, 0.05) is 38.2 Å². The van der Waals surface area contributed by atoms with E-state index in [1.54, 1.807) is 17.5 Å². The Bertz CT molecular complexity index is 1310. The summed E-state index contributed by atoms with van der Waals surface area (Å²) in [6.45, 7) is 6.68. The smallest absolute Gasteiger partial charge is 0.243 e. The fourth-order valence-electron chi connectivity index (χ4n) is 5.99. The Morgan fingerprint density at radius 1 is 0.889 bits per heavy atom. The molecule has 0 amide bonds. The van der Waals surface area contributed by atoms with E-state index in [1.807, 2.05) is 25.1 Å². The number of hydrogen-bond donors (Lipinski definition) is 0. The van der Waals surface area contributed by atoms with Gasteiger partial charge in [-0.1, -0.05) is 72.3 Å². The molecule has 0 aliphatic carbocycles. The summed E-state index contributed by atoms with van der Waals surface area (Å²) in [7, 11) is -1.81. The number of nitrogens with zero attached hydrogens (tertiary/aromatic N) is 2. The highest BCUT2D eigenvalue weighted by atomic mass is 32.2. The maximum atomic E-state index is 13.7. The van der Waals surface area contributed by atoms with E-state index in [4.69, 9.17) is 4.74 Å². The summed E-state index contributed by atoms with van der Waals surface area (Å²) in [4.78, 5) is 2.89. The first-order valence-corrected chi connectivity index (χ1v) is 14.3. The van der Waals surface area contributed by atoms with Gasteiger partial charge in [0.2, 0.25) is 10.0 Å². The van der Waals surface area contributed by atoms with Gasteiger partial charge in [-0.2, -0.15) is 4.31 Å². The molecule has 190 valence electrons. The lowest BCUT2D eigenvalue weighted by Gasteiger charge is -2.57. The molecule has 0 aromatic heterocycles. The molecule has 2 heterocycles. The van der Waals surface area contributed by atoms with Gasteiger partial charge in [-0.25, -0.2) is 8.42 Å². The molecule has 0 saturated carbocycles. The highest BCUT2D eigenvalue weighted by molar-refractivity contribution is 7.89. The van der Waals surface area contributed by atoms with Crippen molar-refractivity contribution >= 4 is 10.0 Å². The molecule has 0 N–H and O–H groups in total. The molecule has 2 saturated heterocycles. The van der Waals surface area contributed by atoms with Gasteiger partial charge in [-0.15, -0.1) is 0 Å². The van der Waals surface area contributed by atoms with Crippen molar-refractivity contribution < 1.29 is 13.2 Å². The Balaban J connectivity index is 1.45. The van der Waals surface area contributed by atoms with E-state index in [0.29, 0.717) is 24.6 Å². The van der Waals surface area contributed by atoms with Crippen LogP contribution >= 0.6 is 0 Å². The fourth-order valence-corrected chi connectivity index (χ4v) is 7.71. The quantitative estimate of drug-likeness (QED) is 0.461. The monoisotopic (exact) mass is 504 g/mol. The van der Waals surface area contributed by atoms with E-state index in [2.05, 4.69) is 60.4 Å². The number of aryl methyl sites for hydroxylation is 2. The molecule has 0 radical (unpaired) electrons. The standard InChI is InChI=1S/C30H36N2O3S/c1-22-9-8-11-26(19-22)24-13-15-25(16-14-24)30-27-20-31(17-6-7-18-32(27)28(30)21-35-3)36(33,34)29-12-5-4-10-23(29)2/h4-5,8-16,19,27-28,30H,6-7,17-18,20-21H2,1-3H3/t27?,28-,30?/m1/s1. The summed E-state index contributed by atoms with van der Waals surface area (Å²) in [5.41, 5.74) is 5.71. The zero-order valence-corrected chi connectivity index (χ0v) is 22.2. The van der Waals surface area contributed by atoms with Crippen molar-refractivity contribution in [3.63, 3.8) is 0 Å². The van der Waals surface area contributed by atoms with Gasteiger partial charge in [-0.3, -0.25) is 4.90 Å². The van der Waals surface area contributed by atoms with Crippen molar-refractivity contribution in [3.8, 4) is 11.1 Å². The summed E-state index contributed by atoms with van der Waals surface area (Å²) < 4.78 is 34.8. The third-order valence-electron chi connectivity index (χ3n) is 7.84. The SMILES string of the molecule is COC[C@@H]1C(c2ccc(-c3cccc(C)c3)cc2)C2CN(S(=O)(=O)c3ccccc3C)CCCCN21. The van der Waals surface area contributed by atoms with Gasteiger partial charge < -0.3 is 4.74 Å². The summed E-state index contributed by atoms with van der Waals surface area (Å²) >= 11 is 0. The molecule has 3 aromatic carbocycles. The lowest BCUT2D eigenvalue weighted by atomic mass is 9.74. The van der Waals surface area contributed by atoms with Crippen LogP contribution in [0.1, 0.15) is 35.4 Å². The molecule has 36 heavy (non-hydrogen) atoms. The first kappa shape index (κ1) is 25.2. The second-order valence-electron chi connectivity index (χ2n) is 10.2. The minimum atomic E-state index is -3.56. The van der Waals surface area contributed by atoms with Crippen LogP contribution in [0.3, 0.4) is 0 Å². The number of rotatable bonds is 6. The van der Waals surface area contributed by atoms with Crippen molar-refractivity contribution in [1.29, 1.82) is 0 Å². The van der Waals surface area contributed by atoms with Gasteiger partial charge in [-0.05, 0) is 61.6 Å². The Morgan fingerprint density at radius 2 is 1.64 bits per heavy atom. The van der Waals surface area contributed by atoms with Crippen molar-refractivity contribution in [2.75, 3.05) is 33.4 Å². The second-order valence-corrected chi connectivity index (χ2v) is 12.1. The number of hydrogen-bond acceptors (Lipinski definition) is 4. The molecule has 2 aliphatic rings. The van der Waals surface area contributed by atoms with Gasteiger partial charge in [0.15, 0.2) is 0 Å². The Labute approximate surface area is 215 Å². The second kappa shape index (κ2) is 10.5. The number of fused-ring (bicyclic) bond motifs is 1. The highest BCUT2D eigenvalue weighted by Gasteiger charge is 2.50. The molecular weight excluding hydrogens is 468 g/mol. The van der Waals surface area contributed by atoms with E-state index >= 15 is 0 Å². The molecule has 5 nitrogen and oxygen atoms in total. The molecule has 3 aromatic rings. The van der Waals surface area contributed by atoms with E-state index in [9.17, 15) is 8.42 Å². The average Bonchev–Trinajstić information content (AvgIpc) is 2.85. The topological polar surface area (TPSA) is 49.9 Å². The average molecular weight is 505 g/mol. The molecule has 2 unspecified atom stereocenters. The van der Waals surface area contributed by atoms with Gasteiger partial charge in [0.1, 0.15) is 0 Å². The van der Waals surface area contributed by atoms with Crippen molar-refractivity contribution in [3.05, 3.63) is 89.5 Å². The summed E-state index contributed by atoms with van der Waals surface area (Å²) in [6.07, 6.45) is 1.85. The lowest BCUT2D eigenvalue weighted by molar-refractivity contribution is -0.0635. The van der Waals surface area contributed by atoms with Gasteiger partial charge in [0.05, 0.1) is 11.5 Å². The van der Waals surface area contributed by atoms with Crippen LogP contribution in [0.15, 0.2) is 77.7 Å². The fraction of sp³-hybridized carbons (Fsp3) is 0.400. The Kier molecular flexibility index (Phi) is 7.31. The molecule has 3 atom stereocenters. The van der Waals surface area contributed by atoms with Crippen LogP contribution in [0.4, 0.5) is 0 Å². The number of ether oxygens (including phenoxy) is 1. The van der Waals surface area contributed by atoms with Crippen LogP contribution in [0.25, 0.3) is 11.1 Å². The van der Waals surface area contributed by atoms with Crippen molar-refractivity contribution in [2.45, 2.75) is 49.6 Å². The summed E-state index contributed by atoms with van der Waals surface area (Å²) in [5.74, 6) is 0.226. The normalized spacial score (nSPS) is 23.4. The van der Waals surface area contributed by atoms with E-state index < -0.39 is 10.0 Å². The number of benzene rings is 3. The maximum absolute atomic E-state index is 13.7. The van der Waals surface area contributed by atoms with Gasteiger partial charge in [0.25, 0.3) is 0 Å². The van der Waals surface area contributed by atoms with Crippen LogP contribution in [0.2, 0.25) is 0 Å². The molecule has 6 heteroatoms. The van der Waals surface area contributed by atoms with Crippen molar-refractivity contribution in [2.24, 2.45) is 0 Å². The van der Waals surface area contributed by atoms with E-state index in [1.165, 1.54) is 22.3 Å². The third kappa shape index (κ3) is 4.75. The Morgan fingerprint density at radius 3 is 2.36 bits per heavy atom. The van der Waals surface area contributed by atoms with Crippen molar-refractivity contribution in [1.82, 2.24) is 9.21 Å². The summed E-state index contributed by atoms with van der Waals surface area (Å²) in [5, 5.41) is 0. The number of sulfonamides is 1. The largest absolute Gasteiger partial charge is 0.383 e. The minimum Gasteiger partial charge on any atom is -0.383 e. The molecule has 0 spiro atoms. The Hall–Kier alpha value is -2.51.